The first-order chi connectivity index (χ1) is 8.26. The molecule has 100 valence electrons. The lowest BCUT2D eigenvalue weighted by molar-refractivity contribution is 0.266. The van der Waals surface area contributed by atoms with E-state index >= 15 is 0 Å². The zero-order chi connectivity index (χ0) is 11.7. The highest BCUT2D eigenvalue weighted by atomic mass is 79.9. The molecule has 0 aromatic carbocycles. The van der Waals surface area contributed by atoms with Gasteiger partial charge in [-0.1, -0.05) is 0 Å². The molecule has 1 unspecified atom stereocenters. The van der Waals surface area contributed by atoms with Gasteiger partial charge in [0.25, 0.3) is 0 Å². The summed E-state index contributed by atoms with van der Waals surface area (Å²) in [6, 6.07) is 4.19. The smallest absolute Gasteiger partial charge is 0.0544 e. The molecule has 0 saturated carbocycles. The number of likely N-dealkylation sites (tertiary alicyclic amines) is 1. The molecule has 1 aromatic rings. The van der Waals surface area contributed by atoms with Crippen LogP contribution in [0, 0.1) is 5.41 Å². The van der Waals surface area contributed by atoms with E-state index < -0.39 is 0 Å². The van der Waals surface area contributed by atoms with Crippen molar-refractivity contribution in [1.82, 2.24) is 15.2 Å². The number of aromatic nitrogens is 1. The largest absolute Gasteiger partial charge is 0.316 e. The molecule has 0 aliphatic carbocycles. The number of halogens is 2. The van der Waals surface area contributed by atoms with Gasteiger partial charge in [-0.2, -0.15) is 0 Å². The van der Waals surface area contributed by atoms with Gasteiger partial charge in [0.2, 0.25) is 0 Å². The van der Waals surface area contributed by atoms with Crippen molar-refractivity contribution in [2.75, 3.05) is 26.2 Å². The summed E-state index contributed by atoms with van der Waals surface area (Å²) in [7, 11) is 0. The van der Waals surface area contributed by atoms with E-state index in [1.807, 2.05) is 6.20 Å². The van der Waals surface area contributed by atoms with Gasteiger partial charge in [-0.05, 0) is 59.4 Å². The van der Waals surface area contributed by atoms with Crippen LogP contribution in [-0.2, 0) is 6.54 Å². The fourth-order valence-electron chi connectivity index (χ4n) is 3.04. The molecular formula is C13H19BrClN3. The molecule has 2 aliphatic heterocycles. The Morgan fingerprint density at radius 3 is 2.94 bits per heavy atom. The monoisotopic (exact) mass is 331 g/mol. The number of nitrogens with zero attached hydrogens (tertiary/aromatic N) is 2. The summed E-state index contributed by atoms with van der Waals surface area (Å²) >= 11 is 3.42. The van der Waals surface area contributed by atoms with Crippen LogP contribution in [-0.4, -0.2) is 36.1 Å². The van der Waals surface area contributed by atoms with Crippen LogP contribution in [0.25, 0.3) is 0 Å². The summed E-state index contributed by atoms with van der Waals surface area (Å²) in [5.41, 5.74) is 1.74. The van der Waals surface area contributed by atoms with Gasteiger partial charge in [0.05, 0.1) is 5.69 Å². The summed E-state index contributed by atoms with van der Waals surface area (Å²) in [4.78, 5) is 7.00. The van der Waals surface area contributed by atoms with E-state index in [1.165, 1.54) is 44.7 Å². The SMILES string of the molecule is Brc1ccc(CN2CCC3(CCNC3)C2)nc1.Cl. The second kappa shape index (κ2) is 5.87. The molecule has 5 heteroatoms. The molecule has 1 aromatic heterocycles. The summed E-state index contributed by atoms with van der Waals surface area (Å²) < 4.78 is 1.05. The van der Waals surface area contributed by atoms with Crippen LogP contribution < -0.4 is 5.32 Å². The molecule has 2 saturated heterocycles. The van der Waals surface area contributed by atoms with Crippen LogP contribution in [0.3, 0.4) is 0 Å². The van der Waals surface area contributed by atoms with Crippen LogP contribution >= 0.6 is 28.3 Å². The van der Waals surface area contributed by atoms with E-state index in [9.17, 15) is 0 Å². The van der Waals surface area contributed by atoms with Crippen molar-refractivity contribution in [3.05, 3.63) is 28.5 Å². The Hall–Kier alpha value is -0.160. The Morgan fingerprint density at radius 1 is 1.39 bits per heavy atom. The first kappa shape index (κ1) is 14.3. The van der Waals surface area contributed by atoms with Crippen molar-refractivity contribution in [2.24, 2.45) is 5.41 Å². The maximum absolute atomic E-state index is 4.45. The van der Waals surface area contributed by atoms with Crippen molar-refractivity contribution in [1.29, 1.82) is 0 Å². The third kappa shape index (κ3) is 3.05. The van der Waals surface area contributed by atoms with Gasteiger partial charge in [-0.25, -0.2) is 0 Å². The minimum absolute atomic E-state index is 0. The van der Waals surface area contributed by atoms with E-state index in [1.54, 1.807) is 0 Å². The summed E-state index contributed by atoms with van der Waals surface area (Å²) in [5.74, 6) is 0. The second-order valence-electron chi connectivity index (χ2n) is 5.36. The summed E-state index contributed by atoms with van der Waals surface area (Å²) in [6.07, 6.45) is 4.58. The molecule has 1 N–H and O–H groups in total. The molecule has 0 radical (unpaired) electrons. The number of hydrogen-bond acceptors (Lipinski definition) is 3. The maximum atomic E-state index is 4.45. The highest BCUT2D eigenvalue weighted by Crippen LogP contribution is 2.36. The molecule has 3 nitrogen and oxygen atoms in total. The Kier molecular flexibility index (Phi) is 4.64. The van der Waals surface area contributed by atoms with Crippen LogP contribution in [0.1, 0.15) is 18.5 Å². The van der Waals surface area contributed by atoms with Crippen molar-refractivity contribution in [2.45, 2.75) is 19.4 Å². The summed E-state index contributed by atoms with van der Waals surface area (Å²) in [5, 5.41) is 3.50. The van der Waals surface area contributed by atoms with Crippen LogP contribution in [0.5, 0.6) is 0 Å². The third-order valence-corrected chi connectivity index (χ3v) is 4.49. The molecular weight excluding hydrogens is 314 g/mol. The quantitative estimate of drug-likeness (QED) is 0.902. The van der Waals surface area contributed by atoms with E-state index in [4.69, 9.17) is 0 Å². The minimum atomic E-state index is 0. The fraction of sp³-hybridized carbons (Fsp3) is 0.615. The number of rotatable bonds is 2. The topological polar surface area (TPSA) is 28.2 Å². The normalized spacial score (nSPS) is 27.6. The number of hydrogen-bond donors (Lipinski definition) is 1. The highest BCUT2D eigenvalue weighted by molar-refractivity contribution is 9.10. The second-order valence-corrected chi connectivity index (χ2v) is 6.27. The third-order valence-electron chi connectivity index (χ3n) is 4.02. The fourth-order valence-corrected chi connectivity index (χ4v) is 3.27. The zero-order valence-electron chi connectivity index (χ0n) is 10.4. The molecule has 0 bridgehead atoms. The van der Waals surface area contributed by atoms with Gasteiger partial charge in [0, 0.05) is 30.3 Å². The highest BCUT2D eigenvalue weighted by Gasteiger charge is 2.40. The van der Waals surface area contributed by atoms with Crippen molar-refractivity contribution in [3.8, 4) is 0 Å². The molecule has 1 atom stereocenters. The Bertz CT molecular complexity index is 390. The van der Waals surface area contributed by atoms with Crippen LogP contribution in [0.15, 0.2) is 22.8 Å². The van der Waals surface area contributed by atoms with Gasteiger partial charge in [0.1, 0.15) is 0 Å². The van der Waals surface area contributed by atoms with Gasteiger partial charge < -0.3 is 5.32 Å². The van der Waals surface area contributed by atoms with Gasteiger partial charge in [-0.15, -0.1) is 12.4 Å². The predicted octanol–water partition coefficient (Wildman–Crippen LogP) is 2.45. The van der Waals surface area contributed by atoms with Crippen molar-refractivity contribution in [3.63, 3.8) is 0 Å². The van der Waals surface area contributed by atoms with Gasteiger partial charge in [-0.3, -0.25) is 9.88 Å². The minimum Gasteiger partial charge on any atom is -0.316 e. The average molecular weight is 333 g/mol. The van der Waals surface area contributed by atoms with E-state index in [0.717, 1.165) is 11.0 Å². The van der Waals surface area contributed by atoms with E-state index in [0.29, 0.717) is 5.41 Å². The van der Waals surface area contributed by atoms with E-state index in [2.05, 4.69) is 43.3 Å². The lowest BCUT2D eigenvalue weighted by Gasteiger charge is -2.22. The maximum Gasteiger partial charge on any atom is 0.0544 e. The Balaban J connectivity index is 0.00000120. The predicted molar refractivity (Wildman–Crippen MR) is 79.0 cm³/mol. The van der Waals surface area contributed by atoms with Crippen molar-refractivity contribution < 1.29 is 0 Å². The molecule has 2 aliphatic rings. The molecule has 0 amide bonds. The molecule has 3 heterocycles. The molecule has 18 heavy (non-hydrogen) atoms. The Labute approximate surface area is 123 Å². The van der Waals surface area contributed by atoms with Gasteiger partial charge >= 0.3 is 0 Å². The standard InChI is InChI=1S/C13H18BrN3.ClH/c14-11-1-2-12(16-7-11)8-17-6-4-13(10-17)3-5-15-9-13;/h1-2,7,15H,3-6,8-10H2;1H. The first-order valence-corrected chi connectivity index (χ1v) is 7.09. The van der Waals surface area contributed by atoms with Crippen LogP contribution in [0.2, 0.25) is 0 Å². The van der Waals surface area contributed by atoms with Gasteiger partial charge in [0.15, 0.2) is 0 Å². The molecule has 1 spiro atoms. The number of pyridine rings is 1. The van der Waals surface area contributed by atoms with Crippen LogP contribution in [0.4, 0.5) is 0 Å². The zero-order valence-corrected chi connectivity index (χ0v) is 12.8. The Morgan fingerprint density at radius 2 is 2.28 bits per heavy atom. The lowest BCUT2D eigenvalue weighted by Crippen LogP contribution is -2.29. The summed E-state index contributed by atoms with van der Waals surface area (Å²) in [6.45, 7) is 5.85. The number of nitrogens with one attached hydrogen (secondary N) is 1. The average Bonchev–Trinajstić information content (AvgIpc) is 2.94. The van der Waals surface area contributed by atoms with E-state index in [-0.39, 0.29) is 12.4 Å². The van der Waals surface area contributed by atoms with Crippen molar-refractivity contribution >= 4 is 28.3 Å². The molecule has 2 fully saturated rings. The lowest BCUT2D eigenvalue weighted by atomic mass is 9.87. The molecule has 3 rings (SSSR count). The first-order valence-electron chi connectivity index (χ1n) is 6.29.